The second-order valence-corrected chi connectivity index (χ2v) is 9.89. The second kappa shape index (κ2) is 9.80. The van der Waals surface area contributed by atoms with Crippen molar-refractivity contribution in [1.82, 2.24) is 13.9 Å². The molecule has 0 unspecified atom stereocenters. The minimum Gasteiger partial charge on any atom is -0.451 e. The predicted octanol–water partition coefficient (Wildman–Crippen LogP) is 2.88. The third-order valence-electron chi connectivity index (χ3n) is 4.99. The van der Waals surface area contributed by atoms with Gasteiger partial charge in [-0.25, -0.2) is 18.2 Å². The standard InChI is InChI=1S/C21H26N4O5S2/c1-5-24(6-2)32(28,29)15-12-17(23(4)13-15)20(27)30-14-19(26)25(7-3)21-22-16-10-8-9-11-18(16)31-21/h8-13H,5-7,14H2,1-4H3. The van der Waals surface area contributed by atoms with Crippen LogP contribution >= 0.6 is 11.3 Å². The van der Waals surface area contributed by atoms with Crippen LogP contribution in [0.25, 0.3) is 10.2 Å². The van der Waals surface area contributed by atoms with Gasteiger partial charge in [0.05, 0.1) is 10.2 Å². The molecule has 9 nitrogen and oxygen atoms in total. The number of benzene rings is 1. The van der Waals surface area contributed by atoms with E-state index in [0.29, 0.717) is 24.8 Å². The zero-order chi connectivity index (χ0) is 23.5. The van der Waals surface area contributed by atoms with Crippen molar-refractivity contribution in [3.8, 4) is 0 Å². The lowest BCUT2D eigenvalue weighted by atomic mass is 10.3. The van der Waals surface area contributed by atoms with Crippen molar-refractivity contribution in [1.29, 1.82) is 0 Å². The Hall–Kier alpha value is -2.76. The van der Waals surface area contributed by atoms with E-state index < -0.39 is 28.5 Å². The average molecular weight is 479 g/mol. The summed E-state index contributed by atoms with van der Waals surface area (Å²) in [6.45, 7) is 5.83. The maximum Gasteiger partial charge on any atom is 0.355 e. The molecule has 3 aromatic rings. The van der Waals surface area contributed by atoms with Gasteiger partial charge in [-0.2, -0.15) is 4.31 Å². The van der Waals surface area contributed by atoms with Crippen LogP contribution in [0.4, 0.5) is 5.13 Å². The first kappa shape index (κ1) is 23.9. The molecule has 0 N–H and O–H groups in total. The molecule has 1 amide bonds. The van der Waals surface area contributed by atoms with Crippen LogP contribution in [0.2, 0.25) is 0 Å². The van der Waals surface area contributed by atoms with Crippen LogP contribution in [0.3, 0.4) is 0 Å². The summed E-state index contributed by atoms with van der Waals surface area (Å²) in [6, 6.07) is 8.84. The quantitative estimate of drug-likeness (QED) is 0.438. The Morgan fingerprint density at radius 2 is 1.81 bits per heavy atom. The zero-order valence-corrected chi connectivity index (χ0v) is 20.1. The van der Waals surface area contributed by atoms with E-state index in [1.807, 2.05) is 31.2 Å². The molecule has 0 fully saturated rings. The molecule has 3 rings (SSSR count). The van der Waals surface area contributed by atoms with Crippen LogP contribution in [0.15, 0.2) is 41.4 Å². The lowest BCUT2D eigenvalue weighted by Gasteiger charge is -2.17. The molecule has 0 aliphatic rings. The Bertz CT molecular complexity index is 1200. The molecule has 172 valence electrons. The molecule has 0 spiro atoms. The smallest absolute Gasteiger partial charge is 0.355 e. The highest BCUT2D eigenvalue weighted by Crippen LogP contribution is 2.28. The molecule has 32 heavy (non-hydrogen) atoms. The fourth-order valence-electron chi connectivity index (χ4n) is 3.26. The number of ether oxygens (including phenoxy) is 1. The van der Waals surface area contributed by atoms with Crippen molar-refractivity contribution in [2.45, 2.75) is 25.7 Å². The van der Waals surface area contributed by atoms with Crippen LogP contribution in [-0.2, 0) is 26.6 Å². The fraction of sp³-hybridized carbons (Fsp3) is 0.381. The third kappa shape index (κ3) is 4.69. The van der Waals surface area contributed by atoms with Crippen LogP contribution < -0.4 is 4.90 Å². The van der Waals surface area contributed by atoms with Gasteiger partial charge in [0.2, 0.25) is 10.0 Å². The number of nitrogens with zero attached hydrogens (tertiary/aromatic N) is 4. The van der Waals surface area contributed by atoms with Gasteiger partial charge in [-0.3, -0.25) is 9.69 Å². The largest absolute Gasteiger partial charge is 0.451 e. The number of aromatic nitrogens is 2. The Morgan fingerprint density at radius 3 is 2.44 bits per heavy atom. The number of anilines is 1. The van der Waals surface area contributed by atoms with Gasteiger partial charge in [-0.1, -0.05) is 37.3 Å². The molecule has 0 aliphatic carbocycles. The Labute approximate surface area is 191 Å². The minimum atomic E-state index is -3.71. The number of para-hydroxylation sites is 1. The van der Waals surface area contributed by atoms with E-state index in [9.17, 15) is 18.0 Å². The number of thiazole rings is 1. The molecule has 0 bridgehead atoms. The second-order valence-electron chi connectivity index (χ2n) is 6.94. The lowest BCUT2D eigenvalue weighted by Crippen LogP contribution is -2.34. The van der Waals surface area contributed by atoms with E-state index in [0.717, 1.165) is 10.2 Å². The number of aryl methyl sites for hydroxylation is 1. The van der Waals surface area contributed by atoms with Gasteiger partial charge in [0.25, 0.3) is 5.91 Å². The van der Waals surface area contributed by atoms with E-state index in [-0.39, 0.29) is 10.6 Å². The molecule has 2 heterocycles. The van der Waals surface area contributed by atoms with Gasteiger partial charge in [0.1, 0.15) is 10.6 Å². The summed E-state index contributed by atoms with van der Waals surface area (Å²) in [5, 5.41) is 0.529. The van der Waals surface area contributed by atoms with Crippen molar-refractivity contribution in [2.24, 2.45) is 7.05 Å². The molecule has 0 aliphatic heterocycles. The summed E-state index contributed by atoms with van der Waals surface area (Å²) in [4.78, 5) is 31.2. The van der Waals surface area contributed by atoms with Gasteiger partial charge in [-0.15, -0.1) is 0 Å². The highest BCUT2D eigenvalue weighted by molar-refractivity contribution is 7.89. The van der Waals surface area contributed by atoms with Crippen molar-refractivity contribution in [3.63, 3.8) is 0 Å². The number of carbonyl (C=O) groups excluding carboxylic acids is 2. The zero-order valence-electron chi connectivity index (χ0n) is 18.4. The van der Waals surface area contributed by atoms with E-state index in [4.69, 9.17) is 4.74 Å². The molecule has 1 aromatic carbocycles. The molecule has 2 aromatic heterocycles. The summed E-state index contributed by atoms with van der Waals surface area (Å²) < 4.78 is 34.3. The van der Waals surface area contributed by atoms with Gasteiger partial charge in [0, 0.05) is 32.9 Å². The molecule has 11 heteroatoms. The average Bonchev–Trinajstić information content (AvgIpc) is 3.37. The SMILES string of the molecule is CCN(C(=O)COC(=O)c1cc(S(=O)(=O)N(CC)CC)cn1C)c1nc2ccccc2s1. The first-order valence-corrected chi connectivity index (χ1v) is 12.5. The predicted molar refractivity (Wildman–Crippen MR) is 123 cm³/mol. The maximum absolute atomic E-state index is 12.7. The van der Waals surface area contributed by atoms with E-state index >= 15 is 0 Å². The number of hydrogen-bond donors (Lipinski definition) is 0. The van der Waals surface area contributed by atoms with Crippen LogP contribution in [0.1, 0.15) is 31.3 Å². The normalized spacial score (nSPS) is 11.8. The Balaban J connectivity index is 1.72. The van der Waals surface area contributed by atoms with Gasteiger partial charge in [0.15, 0.2) is 11.7 Å². The number of carbonyl (C=O) groups is 2. The molecule has 0 saturated heterocycles. The topological polar surface area (TPSA) is 102 Å². The lowest BCUT2D eigenvalue weighted by molar-refractivity contribution is -0.121. The first-order valence-electron chi connectivity index (χ1n) is 10.2. The highest BCUT2D eigenvalue weighted by atomic mass is 32.2. The number of likely N-dealkylation sites (N-methyl/N-ethyl adjacent to an activating group) is 1. The number of sulfonamides is 1. The molecule has 0 saturated carbocycles. The summed E-state index contributed by atoms with van der Waals surface area (Å²) in [5.41, 5.74) is 0.841. The first-order chi connectivity index (χ1) is 15.2. The molecule has 0 atom stereocenters. The van der Waals surface area contributed by atoms with Crippen molar-refractivity contribution < 1.29 is 22.7 Å². The van der Waals surface area contributed by atoms with Crippen LogP contribution in [-0.4, -0.2) is 60.4 Å². The monoisotopic (exact) mass is 478 g/mol. The van der Waals surface area contributed by atoms with Gasteiger partial charge < -0.3 is 9.30 Å². The number of rotatable bonds is 9. The van der Waals surface area contributed by atoms with E-state index in [1.54, 1.807) is 20.9 Å². The van der Waals surface area contributed by atoms with E-state index in [2.05, 4.69) is 4.98 Å². The number of hydrogen-bond acceptors (Lipinski definition) is 7. The summed E-state index contributed by atoms with van der Waals surface area (Å²) in [5.74, 6) is -1.19. The number of esters is 1. The summed E-state index contributed by atoms with van der Waals surface area (Å²) in [6.07, 6.45) is 1.37. The molecular weight excluding hydrogens is 452 g/mol. The summed E-state index contributed by atoms with van der Waals surface area (Å²) in [7, 11) is -2.16. The van der Waals surface area contributed by atoms with E-state index in [1.165, 1.54) is 37.4 Å². The Morgan fingerprint density at radius 1 is 1.12 bits per heavy atom. The van der Waals surface area contributed by atoms with Crippen molar-refractivity contribution in [3.05, 3.63) is 42.2 Å². The Kier molecular flexibility index (Phi) is 7.32. The van der Waals surface area contributed by atoms with Gasteiger partial charge >= 0.3 is 5.97 Å². The van der Waals surface area contributed by atoms with Crippen LogP contribution in [0.5, 0.6) is 0 Å². The highest BCUT2D eigenvalue weighted by Gasteiger charge is 2.27. The number of amides is 1. The van der Waals surface area contributed by atoms with Crippen LogP contribution in [0, 0.1) is 0 Å². The molecular formula is C21H26N4O5S2. The van der Waals surface area contributed by atoms with Gasteiger partial charge in [-0.05, 0) is 25.1 Å². The number of fused-ring (bicyclic) bond motifs is 1. The maximum atomic E-state index is 12.7. The minimum absolute atomic E-state index is 0.00615. The fourth-order valence-corrected chi connectivity index (χ4v) is 5.84. The van der Waals surface area contributed by atoms with Crippen molar-refractivity contribution >= 4 is 48.6 Å². The van der Waals surface area contributed by atoms with Crippen molar-refractivity contribution in [2.75, 3.05) is 31.1 Å². The third-order valence-corrected chi connectivity index (χ3v) is 8.06. The molecule has 0 radical (unpaired) electrons. The summed E-state index contributed by atoms with van der Waals surface area (Å²) >= 11 is 1.38.